The van der Waals surface area contributed by atoms with Crippen molar-refractivity contribution in [1.82, 2.24) is 0 Å². The minimum Gasteiger partial charge on any atom is -0.459 e. The van der Waals surface area contributed by atoms with E-state index in [-0.39, 0.29) is 12.7 Å². The second-order valence-electron chi connectivity index (χ2n) is 6.50. The molecule has 0 amide bonds. The Hall–Kier alpha value is -2.96. The van der Waals surface area contributed by atoms with Crippen LogP contribution < -0.4 is 0 Å². The molecular formula is C21H18O6. The van der Waals surface area contributed by atoms with Gasteiger partial charge in [-0.2, -0.15) is 0 Å². The van der Waals surface area contributed by atoms with Crippen LogP contribution >= 0.6 is 0 Å². The molecule has 4 rings (SSSR count). The van der Waals surface area contributed by atoms with E-state index in [2.05, 4.69) is 0 Å². The molecule has 1 heterocycles. The topological polar surface area (TPSA) is 85.4 Å². The molecule has 0 saturated carbocycles. The molecule has 2 aromatic carbocycles. The fraction of sp³-hybridized carbons (Fsp3) is 0.238. The zero-order valence-electron chi connectivity index (χ0n) is 14.4. The van der Waals surface area contributed by atoms with Crippen LogP contribution in [0.1, 0.15) is 20.7 Å². The van der Waals surface area contributed by atoms with E-state index in [1.54, 1.807) is 72.8 Å². The highest BCUT2D eigenvalue weighted by atomic mass is 16.7. The number of hydrogen-bond acceptors (Lipinski definition) is 6. The summed E-state index contributed by atoms with van der Waals surface area (Å²) < 4.78 is 16.3. The lowest BCUT2D eigenvalue weighted by Gasteiger charge is -2.28. The van der Waals surface area contributed by atoms with Gasteiger partial charge < -0.3 is 19.3 Å². The lowest BCUT2D eigenvalue weighted by Crippen LogP contribution is -2.48. The summed E-state index contributed by atoms with van der Waals surface area (Å²) in [7, 11) is 0. The van der Waals surface area contributed by atoms with Crippen LogP contribution in [0.25, 0.3) is 0 Å². The highest BCUT2D eigenvalue weighted by Crippen LogP contribution is 2.46. The molecule has 1 fully saturated rings. The van der Waals surface area contributed by atoms with Crippen molar-refractivity contribution in [1.29, 1.82) is 0 Å². The molecule has 2 unspecified atom stereocenters. The van der Waals surface area contributed by atoms with E-state index in [0.29, 0.717) is 11.1 Å². The van der Waals surface area contributed by atoms with Gasteiger partial charge in [0.1, 0.15) is 24.9 Å². The van der Waals surface area contributed by atoms with Gasteiger partial charge in [0, 0.05) is 0 Å². The van der Waals surface area contributed by atoms with Crippen molar-refractivity contribution >= 4 is 11.9 Å². The van der Waals surface area contributed by atoms with E-state index in [0.717, 1.165) is 0 Å². The third kappa shape index (κ3) is 3.37. The first-order valence-electron chi connectivity index (χ1n) is 8.62. The minimum absolute atomic E-state index is 0.129. The van der Waals surface area contributed by atoms with Crippen molar-refractivity contribution in [3.63, 3.8) is 0 Å². The van der Waals surface area contributed by atoms with Crippen LogP contribution in [0.3, 0.4) is 0 Å². The number of epoxide rings is 1. The molecule has 1 aliphatic carbocycles. The largest absolute Gasteiger partial charge is 0.459 e. The first-order valence-corrected chi connectivity index (χ1v) is 8.62. The summed E-state index contributed by atoms with van der Waals surface area (Å²) in [6.45, 7) is -0.129. The molecule has 4 atom stereocenters. The summed E-state index contributed by atoms with van der Waals surface area (Å²) >= 11 is 0. The Kier molecular flexibility index (Phi) is 4.51. The molecule has 1 saturated heterocycles. The first-order chi connectivity index (χ1) is 13.1. The number of aliphatic hydroxyl groups excluding tert-OH is 1. The quantitative estimate of drug-likeness (QED) is 0.496. The van der Waals surface area contributed by atoms with Crippen LogP contribution in [0.15, 0.2) is 72.8 Å². The third-order valence-electron chi connectivity index (χ3n) is 4.75. The summed E-state index contributed by atoms with van der Waals surface area (Å²) in [6.07, 6.45) is 0.922. The fourth-order valence-electron chi connectivity index (χ4n) is 3.14. The summed E-state index contributed by atoms with van der Waals surface area (Å²) in [5, 5.41) is 10.7. The molecule has 0 aromatic heterocycles. The van der Waals surface area contributed by atoms with Gasteiger partial charge in [-0.3, -0.25) is 0 Å². The molecule has 2 aromatic rings. The first kappa shape index (κ1) is 17.5. The van der Waals surface area contributed by atoms with Crippen molar-refractivity contribution in [2.24, 2.45) is 0 Å². The zero-order valence-corrected chi connectivity index (χ0v) is 14.4. The van der Waals surface area contributed by atoms with Crippen LogP contribution in [0.2, 0.25) is 0 Å². The van der Waals surface area contributed by atoms with Crippen LogP contribution in [0.4, 0.5) is 0 Å². The normalized spacial score (nSPS) is 28.1. The third-order valence-corrected chi connectivity index (χ3v) is 4.75. The zero-order chi connectivity index (χ0) is 18.9. The van der Waals surface area contributed by atoms with Crippen LogP contribution in [0.5, 0.6) is 0 Å². The van der Waals surface area contributed by atoms with E-state index in [1.165, 1.54) is 0 Å². The second kappa shape index (κ2) is 6.98. The molecule has 0 radical (unpaired) electrons. The summed E-state index contributed by atoms with van der Waals surface area (Å²) in [4.78, 5) is 24.4. The van der Waals surface area contributed by atoms with Gasteiger partial charge >= 0.3 is 11.9 Å². The predicted molar refractivity (Wildman–Crippen MR) is 95.1 cm³/mol. The van der Waals surface area contributed by atoms with Gasteiger partial charge in [-0.1, -0.05) is 42.5 Å². The standard InChI is InChI=1S/C21H18O6/c22-18-16(26-20(24)15-9-5-2-6-10-15)11-12-17-21(18,27-17)13-25-19(23)14-7-3-1-4-8-14/h1-12,16-18,22H,13H2/t16-,17?,18?,21-/m0/s1. The average molecular weight is 366 g/mol. The predicted octanol–water partition coefficient (Wildman–Crippen LogP) is 2.14. The second-order valence-corrected chi connectivity index (χ2v) is 6.50. The van der Waals surface area contributed by atoms with Gasteiger partial charge in [0.05, 0.1) is 11.1 Å². The van der Waals surface area contributed by atoms with Crippen molar-refractivity contribution in [2.75, 3.05) is 6.61 Å². The number of carbonyl (C=O) groups is 2. The van der Waals surface area contributed by atoms with Crippen LogP contribution in [-0.4, -0.2) is 47.6 Å². The Labute approximate surface area is 156 Å². The van der Waals surface area contributed by atoms with E-state index >= 15 is 0 Å². The Morgan fingerprint density at radius 2 is 1.52 bits per heavy atom. The molecule has 1 aliphatic heterocycles. The average Bonchev–Trinajstić information content (AvgIpc) is 3.45. The van der Waals surface area contributed by atoms with E-state index in [4.69, 9.17) is 14.2 Å². The maximum atomic E-state index is 12.2. The smallest absolute Gasteiger partial charge is 0.338 e. The van der Waals surface area contributed by atoms with Gasteiger partial charge in [-0.25, -0.2) is 9.59 Å². The van der Waals surface area contributed by atoms with Gasteiger partial charge in [-0.15, -0.1) is 0 Å². The number of aliphatic hydroxyl groups is 1. The molecule has 6 heteroatoms. The van der Waals surface area contributed by atoms with Crippen molar-refractivity contribution < 1.29 is 28.9 Å². The number of fused-ring (bicyclic) bond motifs is 1. The lowest BCUT2D eigenvalue weighted by atomic mass is 9.89. The summed E-state index contributed by atoms with van der Waals surface area (Å²) in [5.41, 5.74) is -0.277. The van der Waals surface area contributed by atoms with Gasteiger partial charge in [0.25, 0.3) is 0 Å². The monoisotopic (exact) mass is 366 g/mol. The van der Waals surface area contributed by atoms with Crippen LogP contribution in [-0.2, 0) is 14.2 Å². The van der Waals surface area contributed by atoms with Gasteiger partial charge in [0.2, 0.25) is 0 Å². The maximum Gasteiger partial charge on any atom is 0.338 e. The van der Waals surface area contributed by atoms with Crippen LogP contribution in [0, 0.1) is 0 Å². The molecule has 138 valence electrons. The number of benzene rings is 2. The van der Waals surface area contributed by atoms with E-state index in [9.17, 15) is 14.7 Å². The minimum atomic E-state index is -1.14. The maximum absolute atomic E-state index is 12.2. The number of hydrogen-bond donors (Lipinski definition) is 1. The Morgan fingerprint density at radius 1 is 0.926 bits per heavy atom. The highest BCUT2D eigenvalue weighted by Gasteiger charge is 2.65. The lowest BCUT2D eigenvalue weighted by molar-refractivity contribution is -0.0486. The Bertz CT molecular complexity index is 863. The molecule has 0 spiro atoms. The molecule has 1 N–H and O–H groups in total. The number of carbonyl (C=O) groups excluding carboxylic acids is 2. The highest BCUT2D eigenvalue weighted by molar-refractivity contribution is 5.90. The Morgan fingerprint density at radius 3 is 2.15 bits per heavy atom. The van der Waals surface area contributed by atoms with E-state index < -0.39 is 29.7 Å². The van der Waals surface area contributed by atoms with Crippen molar-refractivity contribution in [3.05, 3.63) is 83.9 Å². The van der Waals surface area contributed by atoms with Gasteiger partial charge in [-0.05, 0) is 30.3 Å². The number of rotatable bonds is 5. The molecular weight excluding hydrogens is 348 g/mol. The van der Waals surface area contributed by atoms with Crippen molar-refractivity contribution in [2.45, 2.75) is 23.9 Å². The summed E-state index contributed by atoms with van der Waals surface area (Å²) in [5.74, 6) is -1.04. The van der Waals surface area contributed by atoms with E-state index in [1.807, 2.05) is 0 Å². The molecule has 2 aliphatic rings. The fourth-order valence-corrected chi connectivity index (χ4v) is 3.14. The Balaban J connectivity index is 1.41. The molecule has 0 bridgehead atoms. The van der Waals surface area contributed by atoms with Gasteiger partial charge in [0.15, 0.2) is 5.60 Å². The number of esters is 2. The SMILES string of the molecule is O=C(OC[C@]12OC1C=C[C@H](OC(=O)c1ccccc1)C2O)c1ccccc1. The summed E-state index contributed by atoms with van der Waals surface area (Å²) in [6, 6.07) is 17.1. The molecule has 27 heavy (non-hydrogen) atoms. The van der Waals surface area contributed by atoms with Crippen molar-refractivity contribution in [3.8, 4) is 0 Å². The molecule has 6 nitrogen and oxygen atoms in total. The number of ether oxygens (including phenoxy) is 3.